The molecule has 0 radical (unpaired) electrons. The number of fused-ring (bicyclic) bond motifs is 3. The molecule has 5 heteroatoms. The zero-order valence-electron chi connectivity index (χ0n) is 17.1. The van der Waals surface area contributed by atoms with Gasteiger partial charge in [0.1, 0.15) is 5.75 Å². The van der Waals surface area contributed by atoms with Crippen molar-refractivity contribution in [1.82, 2.24) is 4.90 Å². The number of nitrogens with zero attached hydrogens (tertiary/aromatic N) is 1. The van der Waals surface area contributed by atoms with E-state index in [-0.39, 0.29) is 17.9 Å². The molecule has 2 aromatic carbocycles. The summed E-state index contributed by atoms with van der Waals surface area (Å²) in [6.07, 6.45) is 7.58. The van der Waals surface area contributed by atoms with E-state index in [0.717, 1.165) is 53.6 Å². The molecule has 156 valence electrons. The van der Waals surface area contributed by atoms with E-state index < -0.39 is 0 Å². The first kappa shape index (κ1) is 19.7. The minimum atomic E-state index is -0.0506. The molecule has 3 aliphatic rings. The van der Waals surface area contributed by atoms with Crippen LogP contribution in [0, 0.1) is 11.8 Å². The van der Waals surface area contributed by atoms with E-state index in [1.807, 2.05) is 29.2 Å². The Hall–Kier alpha value is -2.27. The van der Waals surface area contributed by atoms with Crippen LogP contribution >= 0.6 is 15.9 Å². The molecule has 5 rings (SSSR count). The minimum Gasteiger partial charge on any atom is -0.508 e. The van der Waals surface area contributed by atoms with Crippen LogP contribution in [0.2, 0.25) is 0 Å². The van der Waals surface area contributed by atoms with Crippen molar-refractivity contribution in [2.45, 2.75) is 38.1 Å². The van der Waals surface area contributed by atoms with Gasteiger partial charge in [-0.25, -0.2) is 0 Å². The van der Waals surface area contributed by atoms with Gasteiger partial charge in [-0.3, -0.25) is 4.79 Å². The first-order chi connectivity index (χ1) is 14.5. The minimum absolute atomic E-state index is 0.0506. The Bertz CT molecular complexity index is 1010. The lowest BCUT2D eigenvalue weighted by atomic mass is 9.76. The summed E-state index contributed by atoms with van der Waals surface area (Å²) in [6.45, 7) is 3.91. The summed E-state index contributed by atoms with van der Waals surface area (Å²) in [4.78, 5) is 15.4. The summed E-state index contributed by atoms with van der Waals surface area (Å²) in [5.74, 6) is 1.66. The molecule has 30 heavy (non-hydrogen) atoms. The average Bonchev–Trinajstić information content (AvgIpc) is 3.25. The van der Waals surface area contributed by atoms with Crippen molar-refractivity contribution in [3.63, 3.8) is 0 Å². The standard InChI is InChI=1S/C25H27BrN2O2/c1-15-10-12-28(13-11-15)25(30)20-7-3-6-18-17-4-2-5-19(17)24(27-23(18)20)21-14-16(26)8-9-22(21)29/h2-4,6-9,14-15,17,19,24,27,29H,5,10-13H2,1H3. The van der Waals surface area contributed by atoms with E-state index in [1.54, 1.807) is 6.07 Å². The van der Waals surface area contributed by atoms with Gasteiger partial charge in [-0.2, -0.15) is 0 Å². The van der Waals surface area contributed by atoms with Gasteiger partial charge in [0.25, 0.3) is 5.91 Å². The third-order valence-electron chi connectivity index (χ3n) is 7.02. The molecule has 1 saturated heterocycles. The number of rotatable bonds is 2. The predicted octanol–water partition coefficient (Wildman–Crippen LogP) is 5.85. The fourth-order valence-electron chi connectivity index (χ4n) is 5.26. The monoisotopic (exact) mass is 466 g/mol. The number of likely N-dealkylation sites (tertiary alicyclic amines) is 1. The fourth-order valence-corrected chi connectivity index (χ4v) is 5.64. The molecular weight excluding hydrogens is 440 g/mol. The molecule has 3 atom stereocenters. The van der Waals surface area contributed by atoms with E-state index in [1.165, 1.54) is 5.56 Å². The number of amides is 1. The van der Waals surface area contributed by atoms with Crippen molar-refractivity contribution in [1.29, 1.82) is 0 Å². The van der Waals surface area contributed by atoms with E-state index >= 15 is 0 Å². The predicted molar refractivity (Wildman–Crippen MR) is 123 cm³/mol. The fraction of sp³-hybridized carbons (Fsp3) is 0.400. The number of phenolic OH excluding ortho intramolecular Hbond substituents is 1. The number of benzene rings is 2. The van der Waals surface area contributed by atoms with Crippen molar-refractivity contribution >= 4 is 27.5 Å². The topological polar surface area (TPSA) is 52.6 Å². The number of anilines is 1. The van der Waals surface area contributed by atoms with Crippen molar-refractivity contribution in [3.8, 4) is 5.75 Å². The van der Waals surface area contributed by atoms with Crippen LogP contribution in [0.15, 0.2) is 53.0 Å². The zero-order chi connectivity index (χ0) is 20.8. The van der Waals surface area contributed by atoms with Crippen molar-refractivity contribution in [2.75, 3.05) is 18.4 Å². The van der Waals surface area contributed by atoms with Crippen LogP contribution in [-0.4, -0.2) is 29.0 Å². The largest absolute Gasteiger partial charge is 0.508 e. The molecule has 2 heterocycles. The van der Waals surface area contributed by atoms with Crippen LogP contribution in [0.1, 0.15) is 59.6 Å². The second-order valence-electron chi connectivity index (χ2n) is 8.92. The Morgan fingerprint density at radius 2 is 1.97 bits per heavy atom. The molecule has 0 saturated carbocycles. The highest BCUT2D eigenvalue weighted by atomic mass is 79.9. The third kappa shape index (κ3) is 3.33. The van der Waals surface area contributed by atoms with E-state index in [0.29, 0.717) is 17.6 Å². The molecule has 1 amide bonds. The SMILES string of the molecule is CC1CCN(C(=O)c2cccc3c2NC(c2cc(Br)ccc2O)C2CC=CC32)CC1. The van der Waals surface area contributed by atoms with Gasteiger partial charge in [0.15, 0.2) is 0 Å². The second kappa shape index (κ2) is 7.77. The Kier molecular flexibility index (Phi) is 5.10. The van der Waals surface area contributed by atoms with Gasteiger partial charge in [0.2, 0.25) is 0 Å². The van der Waals surface area contributed by atoms with Gasteiger partial charge in [0, 0.05) is 29.0 Å². The number of para-hydroxylation sites is 1. The van der Waals surface area contributed by atoms with E-state index in [2.05, 4.69) is 46.4 Å². The summed E-state index contributed by atoms with van der Waals surface area (Å²) in [5.41, 5.74) is 3.75. The lowest BCUT2D eigenvalue weighted by molar-refractivity contribution is 0.0698. The summed E-state index contributed by atoms with van der Waals surface area (Å²) in [6, 6.07) is 11.6. The first-order valence-corrected chi connectivity index (χ1v) is 11.7. The van der Waals surface area contributed by atoms with Crippen LogP contribution in [0.5, 0.6) is 5.75 Å². The number of carbonyl (C=O) groups excluding carboxylic acids is 1. The number of aromatic hydroxyl groups is 1. The number of carbonyl (C=O) groups is 1. The first-order valence-electron chi connectivity index (χ1n) is 10.9. The van der Waals surface area contributed by atoms with Gasteiger partial charge >= 0.3 is 0 Å². The van der Waals surface area contributed by atoms with Gasteiger partial charge in [-0.05, 0) is 60.9 Å². The molecule has 2 aliphatic heterocycles. The smallest absolute Gasteiger partial charge is 0.255 e. The van der Waals surface area contributed by atoms with Gasteiger partial charge in [0.05, 0.1) is 17.3 Å². The summed E-state index contributed by atoms with van der Waals surface area (Å²) in [5, 5.41) is 14.3. The van der Waals surface area contributed by atoms with Crippen LogP contribution in [0.4, 0.5) is 5.69 Å². The molecule has 3 unspecified atom stereocenters. The summed E-state index contributed by atoms with van der Waals surface area (Å²) in [7, 11) is 0. The quantitative estimate of drug-likeness (QED) is 0.545. The molecule has 1 fully saturated rings. The Labute approximate surface area is 186 Å². The second-order valence-corrected chi connectivity index (χ2v) is 9.84. The highest BCUT2D eigenvalue weighted by Gasteiger charge is 2.40. The molecule has 2 N–H and O–H groups in total. The molecule has 1 aliphatic carbocycles. The lowest BCUT2D eigenvalue weighted by Crippen LogP contribution is -2.39. The number of hydrogen-bond acceptors (Lipinski definition) is 3. The Balaban J connectivity index is 1.55. The number of nitrogens with one attached hydrogen (secondary N) is 1. The average molecular weight is 467 g/mol. The summed E-state index contributed by atoms with van der Waals surface area (Å²) >= 11 is 3.55. The highest BCUT2D eigenvalue weighted by Crippen LogP contribution is 2.52. The normalized spacial score (nSPS) is 25.5. The highest BCUT2D eigenvalue weighted by molar-refractivity contribution is 9.10. The van der Waals surface area contributed by atoms with E-state index in [4.69, 9.17) is 0 Å². The maximum atomic E-state index is 13.4. The maximum absolute atomic E-state index is 13.4. The molecule has 0 spiro atoms. The van der Waals surface area contributed by atoms with Crippen LogP contribution in [0.3, 0.4) is 0 Å². The van der Waals surface area contributed by atoms with Gasteiger partial charge in [-0.15, -0.1) is 0 Å². The molecular formula is C25H27BrN2O2. The number of allylic oxidation sites excluding steroid dienone is 2. The van der Waals surface area contributed by atoms with Crippen LogP contribution in [0.25, 0.3) is 0 Å². The van der Waals surface area contributed by atoms with Crippen LogP contribution < -0.4 is 5.32 Å². The van der Waals surface area contributed by atoms with Crippen LogP contribution in [-0.2, 0) is 0 Å². The molecule has 2 aromatic rings. The van der Waals surface area contributed by atoms with Crippen molar-refractivity contribution < 1.29 is 9.90 Å². The summed E-state index contributed by atoms with van der Waals surface area (Å²) < 4.78 is 0.942. The number of phenols is 1. The number of piperidine rings is 1. The van der Waals surface area contributed by atoms with Crippen molar-refractivity contribution in [2.24, 2.45) is 11.8 Å². The van der Waals surface area contributed by atoms with Gasteiger partial charge in [-0.1, -0.05) is 47.1 Å². The zero-order valence-corrected chi connectivity index (χ0v) is 18.7. The van der Waals surface area contributed by atoms with E-state index in [9.17, 15) is 9.90 Å². The number of halogens is 1. The Morgan fingerprint density at radius 1 is 1.17 bits per heavy atom. The van der Waals surface area contributed by atoms with Crippen molar-refractivity contribution in [3.05, 3.63) is 69.7 Å². The molecule has 4 nitrogen and oxygen atoms in total. The van der Waals surface area contributed by atoms with Gasteiger partial charge < -0.3 is 15.3 Å². The maximum Gasteiger partial charge on any atom is 0.255 e. The Morgan fingerprint density at radius 3 is 2.77 bits per heavy atom. The number of hydrogen-bond donors (Lipinski definition) is 2. The molecule has 0 aromatic heterocycles. The molecule has 0 bridgehead atoms. The third-order valence-corrected chi connectivity index (χ3v) is 7.52. The lowest BCUT2D eigenvalue weighted by Gasteiger charge is -2.39.